The van der Waals surface area contributed by atoms with E-state index in [0.717, 1.165) is 47.0 Å². The van der Waals surface area contributed by atoms with Crippen molar-refractivity contribution in [1.82, 2.24) is 0 Å². The van der Waals surface area contributed by atoms with Crippen molar-refractivity contribution < 1.29 is 0 Å². The fraction of sp³-hybridized carbons (Fsp3) is 0.167. The van der Waals surface area contributed by atoms with E-state index >= 15 is 0 Å². The van der Waals surface area contributed by atoms with E-state index in [1.807, 2.05) is 0 Å². The van der Waals surface area contributed by atoms with Crippen LogP contribution in [0.1, 0.15) is 61.8 Å². The Labute approximate surface area is 367 Å². The van der Waals surface area contributed by atoms with Crippen molar-refractivity contribution in [2.75, 3.05) is 9.80 Å². The minimum absolute atomic E-state index is 1.10. The van der Waals surface area contributed by atoms with Crippen LogP contribution in [0, 0.1) is 13.8 Å². The van der Waals surface area contributed by atoms with Crippen molar-refractivity contribution in [2.45, 2.75) is 66.2 Å². The van der Waals surface area contributed by atoms with E-state index in [4.69, 9.17) is 0 Å². The van der Waals surface area contributed by atoms with E-state index < -0.39 is 0 Å². The molecule has 0 N–H and O–H groups in total. The van der Waals surface area contributed by atoms with E-state index in [-0.39, 0.29) is 0 Å². The number of nitrogens with zero attached hydrogens (tertiary/aromatic N) is 2. The zero-order valence-electron chi connectivity index (χ0n) is 36.5. The fourth-order valence-corrected chi connectivity index (χ4v) is 9.62. The number of hydrogen-bond donors (Lipinski definition) is 0. The lowest BCUT2D eigenvalue weighted by molar-refractivity contribution is 0.795. The molecule has 0 bridgehead atoms. The monoisotopic (exact) mass is 802 g/mol. The first-order valence-electron chi connectivity index (χ1n) is 22.6. The highest BCUT2D eigenvalue weighted by molar-refractivity contribution is 6.34. The van der Waals surface area contributed by atoms with Gasteiger partial charge in [0.1, 0.15) is 0 Å². The second kappa shape index (κ2) is 16.9. The SMILES string of the molecule is CCCCc1ccc(N(c2ccc(C)cc2)c2ccc(N(c3ccc(CCCC)cc3)c3ccc(-c4ccc5c6cccc7c(C)ccc(c8cccc4c85)c76)cc3)cc2)cc1. The molecule has 10 aromatic carbocycles. The molecule has 0 spiro atoms. The van der Waals surface area contributed by atoms with Gasteiger partial charge in [-0.25, -0.2) is 0 Å². The molecule has 0 radical (unpaired) electrons. The van der Waals surface area contributed by atoms with Gasteiger partial charge in [-0.05, 0) is 183 Å². The first kappa shape index (κ1) is 39.2. The predicted octanol–water partition coefficient (Wildman–Crippen LogP) is 17.6. The molecule has 62 heavy (non-hydrogen) atoms. The second-order valence-corrected chi connectivity index (χ2v) is 17.2. The Morgan fingerprint density at radius 1 is 0.339 bits per heavy atom. The molecule has 2 nitrogen and oxygen atoms in total. The molecular formula is C60H54N2. The van der Waals surface area contributed by atoms with E-state index in [9.17, 15) is 0 Å². The van der Waals surface area contributed by atoms with Gasteiger partial charge >= 0.3 is 0 Å². The van der Waals surface area contributed by atoms with Gasteiger partial charge in [0.15, 0.2) is 0 Å². The normalized spacial score (nSPS) is 11.6. The van der Waals surface area contributed by atoms with Gasteiger partial charge < -0.3 is 9.80 Å². The third kappa shape index (κ3) is 7.24. The standard InChI is InChI=1S/C60H54N2/c1-5-7-11-43-20-28-47(29-21-43)61(46-26-17-41(3)18-27-46)50-34-36-51(37-35-50)62(48-30-22-44(23-31-48)12-8-6-2)49-32-24-45(25-33-49)53-39-40-58-55-15-9-13-52-42(4)19-38-57(59(52)55)56-16-10-14-54(53)60(56)58/h9-10,13-40H,5-8,11-12H2,1-4H3. The summed E-state index contributed by atoms with van der Waals surface area (Å²) >= 11 is 0. The molecule has 0 fully saturated rings. The van der Waals surface area contributed by atoms with Crippen LogP contribution in [0.3, 0.4) is 0 Å². The van der Waals surface area contributed by atoms with Gasteiger partial charge in [0, 0.05) is 34.1 Å². The van der Waals surface area contributed by atoms with Crippen LogP contribution in [-0.2, 0) is 12.8 Å². The van der Waals surface area contributed by atoms with E-state index in [1.54, 1.807) is 0 Å². The maximum absolute atomic E-state index is 2.40. The number of unbranched alkanes of at least 4 members (excludes halogenated alkanes) is 2. The summed E-state index contributed by atoms with van der Waals surface area (Å²) in [5.41, 5.74) is 14.6. The van der Waals surface area contributed by atoms with Crippen molar-refractivity contribution in [3.63, 3.8) is 0 Å². The molecule has 10 aromatic rings. The van der Waals surface area contributed by atoms with Gasteiger partial charge in [-0.15, -0.1) is 0 Å². The van der Waals surface area contributed by atoms with Crippen LogP contribution in [0.25, 0.3) is 54.2 Å². The summed E-state index contributed by atoms with van der Waals surface area (Å²) in [6, 6.07) is 68.4. The summed E-state index contributed by atoms with van der Waals surface area (Å²) in [7, 11) is 0. The van der Waals surface area contributed by atoms with Gasteiger partial charge in [-0.3, -0.25) is 0 Å². The fourth-order valence-electron chi connectivity index (χ4n) is 9.62. The zero-order valence-corrected chi connectivity index (χ0v) is 36.5. The maximum Gasteiger partial charge on any atom is 0.0463 e. The molecule has 0 saturated heterocycles. The Bertz CT molecular complexity index is 3100. The summed E-state index contributed by atoms with van der Waals surface area (Å²) in [4.78, 5) is 4.77. The smallest absolute Gasteiger partial charge is 0.0463 e. The van der Waals surface area contributed by atoms with Crippen LogP contribution in [-0.4, -0.2) is 0 Å². The molecule has 0 aromatic heterocycles. The van der Waals surface area contributed by atoms with Gasteiger partial charge in [0.25, 0.3) is 0 Å². The van der Waals surface area contributed by atoms with Crippen molar-refractivity contribution in [1.29, 1.82) is 0 Å². The average Bonchev–Trinajstić information content (AvgIpc) is 3.32. The van der Waals surface area contributed by atoms with Crippen molar-refractivity contribution in [2.24, 2.45) is 0 Å². The maximum atomic E-state index is 2.40. The van der Waals surface area contributed by atoms with Crippen LogP contribution >= 0.6 is 0 Å². The number of fused-ring (bicyclic) bond motifs is 2. The molecular weight excluding hydrogens is 749 g/mol. The Balaban J connectivity index is 1.04. The number of hydrogen-bond acceptors (Lipinski definition) is 2. The Kier molecular flexibility index (Phi) is 10.7. The van der Waals surface area contributed by atoms with Crippen molar-refractivity contribution >= 4 is 77.2 Å². The Morgan fingerprint density at radius 3 is 1.19 bits per heavy atom. The van der Waals surface area contributed by atoms with Crippen LogP contribution in [0.15, 0.2) is 182 Å². The minimum Gasteiger partial charge on any atom is -0.311 e. The largest absolute Gasteiger partial charge is 0.311 e. The van der Waals surface area contributed by atoms with Gasteiger partial charge in [-0.2, -0.15) is 0 Å². The average molecular weight is 803 g/mol. The summed E-state index contributed by atoms with van der Waals surface area (Å²) < 4.78 is 0. The Morgan fingerprint density at radius 2 is 0.710 bits per heavy atom. The number of rotatable bonds is 13. The third-order valence-electron chi connectivity index (χ3n) is 13.0. The molecule has 0 heterocycles. The van der Waals surface area contributed by atoms with Gasteiger partial charge in [-0.1, -0.05) is 141 Å². The first-order valence-corrected chi connectivity index (χ1v) is 22.6. The van der Waals surface area contributed by atoms with Crippen molar-refractivity contribution in [3.8, 4) is 11.1 Å². The predicted molar refractivity (Wildman–Crippen MR) is 269 cm³/mol. The van der Waals surface area contributed by atoms with E-state index in [2.05, 4.69) is 219 Å². The molecule has 0 amide bonds. The molecule has 10 rings (SSSR count). The molecule has 0 saturated carbocycles. The van der Waals surface area contributed by atoms with Crippen LogP contribution in [0.5, 0.6) is 0 Å². The molecule has 0 atom stereocenters. The molecule has 0 aliphatic rings. The second-order valence-electron chi connectivity index (χ2n) is 17.2. The van der Waals surface area contributed by atoms with Gasteiger partial charge in [0.2, 0.25) is 0 Å². The zero-order chi connectivity index (χ0) is 42.2. The summed E-state index contributed by atoms with van der Waals surface area (Å²) in [5.74, 6) is 0. The van der Waals surface area contributed by atoms with Crippen LogP contribution in [0.2, 0.25) is 0 Å². The molecule has 2 heteroatoms. The molecule has 304 valence electrons. The lowest BCUT2D eigenvalue weighted by Gasteiger charge is -2.29. The lowest BCUT2D eigenvalue weighted by atomic mass is 9.86. The molecule has 0 unspecified atom stereocenters. The summed E-state index contributed by atoms with van der Waals surface area (Å²) in [6.45, 7) is 8.89. The minimum atomic E-state index is 1.10. The van der Waals surface area contributed by atoms with Crippen LogP contribution in [0.4, 0.5) is 34.1 Å². The highest BCUT2D eigenvalue weighted by Gasteiger charge is 2.19. The highest BCUT2D eigenvalue weighted by atomic mass is 15.2. The number of aryl methyl sites for hydroxylation is 4. The summed E-state index contributed by atoms with van der Waals surface area (Å²) in [5, 5.41) is 10.6. The van der Waals surface area contributed by atoms with Gasteiger partial charge in [0.05, 0.1) is 0 Å². The third-order valence-corrected chi connectivity index (χ3v) is 13.0. The molecule has 0 aliphatic heterocycles. The van der Waals surface area contributed by atoms with E-state index in [0.29, 0.717) is 0 Å². The topological polar surface area (TPSA) is 6.48 Å². The highest BCUT2D eigenvalue weighted by Crippen LogP contribution is 2.45. The van der Waals surface area contributed by atoms with E-state index in [1.165, 1.54) is 102 Å². The van der Waals surface area contributed by atoms with Crippen molar-refractivity contribution in [3.05, 3.63) is 204 Å². The summed E-state index contributed by atoms with van der Waals surface area (Å²) in [6.07, 6.45) is 7.01. The Hall–Kier alpha value is -6.90. The number of anilines is 6. The first-order chi connectivity index (χ1) is 30.5. The van der Waals surface area contributed by atoms with Crippen LogP contribution < -0.4 is 9.80 Å². The quantitative estimate of drug-likeness (QED) is 0.0846. The molecule has 0 aliphatic carbocycles. The number of benzene rings is 10. The lowest BCUT2D eigenvalue weighted by Crippen LogP contribution is -2.12.